The molecule has 0 aliphatic heterocycles. The van der Waals surface area contributed by atoms with Gasteiger partial charge < -0.3 is 5.73 Å². The molecule has 48 valence electrons. The highest BCUT2D eigenvalue weighted by Crippen LogP contribution is 2.20. The molecule has 0 unspecified atom stereocenters. The van der Waals surface area contributed by atoms with E-state index >= 15 is 0 Å². The molecule has 0 spiro atoms. The van der Waals surface area contributed by atoms with Crippen molar-refractivity contribution in [2.45, 2.75) is 12.8 Å². The topological polar surface area (TPSA) is 43.1 Å². The maximum atomic E-state index is 10.2. The molecule has 0 saturated heterocycles. The van der Waals surface area contributed by atoms with Gasteiger partial charge in [0.05, 0.1) is 0 Å². The molecule has 1 aliphatic carbocycles. The van der Waals surface area contributed by atoms with Gasteiger partial charge in [0.25, 0.3) is 0 Å². The van der Waals surface area contributed by atoms with E-state index in [1.807, 2.05) is 0 Å². The minimum atomic E-state index is 0. The summed E-state index contributed by atoms with van der Waals surface area (Å²) in [5.74, 6) is 0.892. The number of carbonyl (C=O) groups is 1. The molecule has 0 radical (unpaired) electrons. The van der Waals surface area contributed by atoms with E-state index in [1.54, 1.807) is 0 Å². The molecule has 1 aliphatic rings. The summed E-state index contributed by atoms with van der Waals surface area (Å²) in [4.78, 5) is 10.2. The molecule has 1 fully saturated rings. The van der Waals surface area contributed by atoms with Crippen LogP contribution < -0.4 is 5.73 Å². The zero-order valence-corrected chi connectivity index (χ0v) is 5.41. The Balaban J connectivity index is 0.000000490. The molecule has 0 heterocycles. The number of nitrogens with two attached hydrogens (primary N) is 1. The van der Waals surface area contributed by atoms with Gasteiger partial charge in [-0.25, -0.2) is 0 Å². The van der Waals surface area contributed by atoms with Crippen LogP contribution >= 0.6 is 12.4 Å². The van der Waals surface area contributed by atoms with Gasteiger partial charge in [0.1, 0.15) is 5.78 Å². The van der Waals surface area contributed by atoms with Crippen molar-refractivity contribution in [2.24, 2.45) is 11.7 Å². The van der Waals surface area contributed by atoms with E-state index in [0.29, 0.717) is 18.2 Å². The maximum Gasteiger partial charge on any atom is 0.133 e. The Kier molecular flexibility index (Phi) is 3.02. The van der Waals surface area contributed by atoms with Crippen molar-refractivity contribution in [1.29, 1.82) is 0 Å². The van der Waals surface area contributed by atoms with Crippen molar-refractivity contribution in [3.8, 4) is 0 Å². The van der Waals surface area contributed by atoms with Crippen LogP contribution in [0.15, 0.2) is 0 Å². The van der Waals surface area contributed by atoms with Crippen LogP contribution in [0.5, 0.6) is 0 Å². The molecular formula is C5H10ClNO. The van der Waals surface area contributed by atoms with Gasteiger partial charge in [-0.3, -0.25) is 4.79 Å². The highest BCUT2D eigenvalue weighted by molar-refractivity contribution is 5.85. The first kappa shape index (κ1) is 7.92. The molecule has 0 aromatic heterocycles. The van der Waals surface area contributed by atoms with Crippen LogP contribution in [-0.2, 0) is 4.79 Å². The number of rotatable bonds is 1. The molecule has 8 heavy (non-hydrogen) atoms. The van der Waals surface area contributed by atoms with Gasteiger partial charge in [-0.05, 0) is 12.5 Å². The molecule has 2 nitrogen and oxygen atoms in total. The van der Waals surface area contributed by atoms with Crippen LogP contribution in [-0.4, -0.2) is 12.3 Å². The third-order valence-electron chi connectivity index (χ3n) is 1.37. The van der Waals surface area contributed by atoms with Crippen LogP contribution in [0.1, 0.15) is 12.8 Å². The summed E-state index contributed by atoms with van der Waals surface area (Å²) in [6, 6.07) is 0. The van der Waals surface area contributed by atoms with Gasteiger partial charge in [0, 0.05) is 12.8 Å². The molecule has 1 saturated carbocycles. The fraction of sp³-hybridized carbons (Fsp3) is 0.800. The summed E-state index contributed by atoms with van der Waals surface area (Å²) in [6.45, 7) is 0.686. The predicted octanol–water partition coefficient (Wildman–Crippen LogP) is 0.346. The molecule has 3 heteroatoms. The molecule has 0 amide bonds. The number of halogens is 1. The van der Waals surface area contributed by atoms with Crippen molar-refractivity contribution in [3.63, 3.8) is 0 Å². The predicted molar refractivity (Wildman–Crippen MR) is 34.0 cm³/mol. The van der Waals surface area contributed by atoms with E-state index in [1.165, 1.54) is 0 Å². The van der Waals surface area contributed by atoms with Crippen LogP contribution in [0.3, 0.4) is 0 Å². The zero-order valence-electron chi connectivity index (χ0n) is 4.59. The first-order valence-electron chi connectivity index (χ1n) is 2.54. The van der Waals surface area contributed by atoms with Crippen molar-refractivity contribution in [3.05, 3.63) is 0 Å². The summed E-state index contributed by atoms with van der Waals surface area (Å²) < 4.78 is 0. The second kappa shape index (κ2) is 3.05. The van der Waals surface area contributed by atoms with E-state index in [0.717, 1.165) is 12.8 Å². The van der Waals surface area contributed by atoms with Crippen molar-refractivity contribution < 1.29 is 4.79 Å². The normalized spacial score (nSPS) is 19.4. The maximum absolute atomic E-state index is 10.2. The lowest BCUT2D eigenvalue weighted by Gasteiger charge is -2.21. The molecule has 0 bridgehead atoms. The Bertz CT molecular complexity index is 86.4. The van der Waals surface area contributed by atoms with Gasteiger partial charge in [-0.15, -0.1) is 12.4 Å². The number of hydrogen-bond donors (Lipinski definition) is 1. The number of carbonyl (C=O) groups excluding carboxylic acids is 1. The Hall–Kier alpha value is -0.0800. The molecule has 0 atom stereocenters. The van der Waals surface area contributed by atoms with E-state index < -0.39 is 0 Å². The number of ketones is 1. The summed E-state index contributed by atoms with van der Waals surface area (Å²) in [5.41, 5.74) is 5.24. The Labute approximate surface area is 54.8 Å². The fourth-order valence-electron chi connectivity index (χ4n) is 0.751. The van der Waals surface area contributed by atoms with Crippen molar-refractivity contribution >= 4 is 18.2 Å². The number of Topliss-reactive ketones (excluding diaryl/α,β-unsaturated/α-hetero) is 1. The fourth-order valence-corrected chi connectivity index (χ4v) is 0.751. The van der Waals surface area contributed by atoms with E-state index in [9.17, 15) is 4.79 Å². The largest absolute Gasteiger partial charge is 0.330 e. The minimum absolute atomic E-state index is 0. The van der Waals surface area contributed by atoms with E-state index in [4.69, 9.17) is 5.73 Å². The Morgan fingerprint density at radius 2 is 2.12 bits per heavy atom. The Morgan fingerprint density at radius 1 is 1.62 bits per heavy atom. The van der Waals surface area contributed by atoms with Gasteiger partial charge in [0.2, 0.25) is 0 Å². The van der Waals surface area contributed by atoms with Gasteiger partial charge in [-0.2, -0.15) is 0 Å². The van der Waals surface area contributed by atoms with Crippen LogP contribution in [0.4, 0.5) is 0 Å². The lowest BCUT2D eigenvalue weighted by molar-refractivity contribution is -0.126. The van der Waals surface area contributed by atoms with Crippen LogP contribution in [0, 0.1) is 5.92 Å². The third kappa shape index (κ3) is 1.46. The summed E-state index contributed by atoms with van der Waals surface area (Å²) in [6.07, 6.45) is 1.47. The summed E-state index contributed by atoms with van der Waals surface area (Å²) in [5, 5.41) is 0. The smallest absolute Gasteiger partial charge is 0.133 e. The van der Waals surface area contributed by atoms with Gasteiger partial charge >= 0.3 is 0 Å². The molecule has 0 aromatic carbocycles. The minimum Gasteiger partial charge on any atom is -0.330 e. The van der Waals surface area contributed by atoms with Crippen molar-refractivity contribution in [1.82, 2.24) is 0 Å². The molecule has 2 N–H and O–H groups in total. The zero-order chi connectivity index (χ0) is 5.28. The van der Waals surface area contributed by atoms with E-state index in [2.05, 4.69) is 0 Å². The first-order chi connectivity index (χ1) is 3.33. The summed E-state index contributed by atoms with van der Waals surface area (Å²) in [7, 11) is 0. The van der Waals surface area contributed by atoms with Crippen LogP contribution in [0.2, 0.25) is 0 Å². The standard InChI is InChI=1S/C5H9NO.ClH/c6-3-4-1-5(7)2-4;/h4H,1-3,6H2;1H. The third-order valence-corrected chi connectivity index (χ3v) is 1.37. The van der Waals surface area contributed by atoms with Crippen molar-refractivity contribution in [2.75, 3.05) is 6.54 Å². The van der Waals surface area contributed by atoms with Gasteiger partial charge in [-0.1, -0.05) is 0 Å². The average molecular weight is 136 g/mol. The molecular weight excluding hydrogens is 126 g/mol. The first-order valence-corrected chi connectivity index (χ1v) is 2.54. The van der Waals surface area contributed by atoms with Gasteiger partial charge in [0.15, 0.2) is 0 Å². The second-order valence-electron chi connectivity index (χ2n) is 2.05. The highest BCUT2D eigenvalue weighted by atomic mass is 35.5. The lowest BCUT2D eigenvalue weighted by Crippen LogP contribution is -2.29. The molecule has 1 rings (SSSR count). The molecule has 0 aromatic rings. The lowest BCUT2D eigenvalue weighted by atomic mass is 9.84. The average Bonchev–Trinajstić information content (AvgIpc) is 1.58. The highest BCUT2D eigenvalue weighted by Gasteiger charge is 2.24. The quantitative estimate of drug-likeness (QED) is 0.564. The Morgan fingerprint density at radius 3 is 2.25 bits per heavy atom. The van der Waals surface area contributed by atoms with E-state index in [-0.39, 0.29) is 12.4 Å². The number of hydrogen-bond acceptors (Lipinski definition) is 2. The van der Waals surface area contributed by atoms with Crippen LogP contribution in [0.25, 0.3) is 0 Å². The SMILES string of the molecule is Cl.NCC1CC(=O)C1. The monoisotopic (exact) mass is 135 g/mol. The summed E-state index contributed by atoms with van der Waals surface area (Å²) >= 11 is 0. The second-order valence-corrected chi connectivity index (χ2v) is 2.05.